The van der Waals surface area contributed by atoms with Crippen molar-refractivity contribution < 1.29 is 14.3 Å². The van der Waals surface area contributed by atoms with Crippen molar-refractivity contribution in [2.75, 3.05) is 4.90 Å². The van der Waals surface area contributed by atoms with E-state index >= 15 is 0 Å². The molecule has 1 aromatic carbocycles. The number of fused-ring (bicyclic) bond motifs is 1. The van der Waals surface area contributed by atoms with Crippen molar-refractivity contribution in [1.82, 2.24) is 0 Å². The zero-order valence-electron chi connectivity index (χ0n) is 14.3. The van der Waals surface area contributed by atoms with Crippen molar-refractivity contribution in [3.05, 3.63) is 42.5 Å². The topological polar surface area (TPSA) is 46.6 Å². The first kappa shape index (κ1) is 15.6. The van der Waals surface area contributed by atoms with Gasteiger partial charge in [0.05, 0.1) is 11.5 Å². The molecule has 5 atom stereocenters. The maximum Gasteiger partial charge on any atom is 0.236 e. The Morgan fingerprint density at radius 3 is 2.50 bits per heavy atom. The Balaban J connectivity index is 1.85. The highest BCUT2D eigenvalue weighted by atomic mass is 16.5. The van der Waals surface area contributed by atoms with Gasteiger partial charge in [0.15, 0.2) is 0 Å². The van der Waals surface area contributed by atoms with Gasteiger partial charge in [-0.2, -0.15) is 0 Å². The fourth-order valence-corrected chi connectivity index (χ4v) is 4.72. The molecule has 4 nitrogen and oxygen atoms in total. The third kappa shape index (κ3) is 1.95. The number of anilines is 1. The molecular formula is C20H23NO3. The summed E-state index contributed by atoms with van der Waals surface area (Å²) in [6.07, 6.45) is 4.13. The number of hydrogen-bond donors (Lipinski definition) is 0. The van der Waals surface area contributed by atoms with Crippen molar-refractivity contribution in [1.29, 1.82) is 0 Å². The summed E-state index contributed by atoms with van der Waals surface area (Å²) < 4.78 is 6.20. The average Bonchev–Trinajstić information content (AvgIpc) is 2.78. The number of carbonyl (C=O) groups excluding carboxylic acids is 2. The normalized spacial score (nSPS) is 37.4. The first-order valence-electron chi connectivity index (χ1n) is 8.69. The molecule has 0 N–H and O–H groups in total. The summed E-state index contributed by atoms with van der Waals surface area (Å²) in [7, 11) is 0. The third-order valence-electron chi connectivity index (χ3n) is 5.88. The van der Waals surface area contributed by atoms with Gasteiger partial charge >= 0.3 is 0 Å². The number of nitrogens with zero attached hydrogens (tertiary/aromatic N) is 1. The molecule has 2 bridgehead atoms. The molecule has 1 aromatic rings. The lowest BCUT2D eigenvalue weighted by Crippen LogP contribution is -2.52. The highest BCUT2D eigenvalue weighted by molar-refractivity contribution is 6.04. The van der Waals surface area contributed by atoms with Crippen LogP contribution in [0, 0.1) is 23.2 Å². The molecule has 1 saturated carbocycles. The molecular weight excluding hydrogens is 302 g/mol. The van der Waals surface area contributed by atoms with Crippen LogP contribution < -0.4 is 4.90 Å². The molecule has 0 unspecified atom stereocenters. The molecule has 1 saturated heterocycles. The molecule has 3 aliphatic carbocycles. The smallest absolute Gasteiger partial charge is 0.236 e. The van der Waals surface area contributed by atoms with Crippen LogP contribution in [0.3, 0.4) is 0 Å². The standard InChI is InChI=1S/C20H23NO3/c1-12(2)24-18-17-15-10-9-13(11-16(15)22)20(17,3)19(23)21(18)14-7-5-4-6-8-14/h4-10,12-13,15,17-18H,11H2,1-3H3/t13-,15+,17+,18+,20+/m0/s1. The molecule has 1 amide bonds. The fourth-order valence-electron chi connectivity index (χ4n) is 4.72. The van der Waals surface area contributed by atoms with Crippen molar-refractivity contribution in [2.45, 2.75) is 39.5 Å². The zero-order valence-corrected chi connectivity index (χ0v) is 14.3. The second-order valence-corrected chi connectivity index (χ2v) is 7.58. The predicted molar refractivity (Wildman–Crippen MR) is 91.3 cm³/mol. The average molecular weight is 325 g/mol. The summed E-state index contributed by atoms with van der Waals surface area (Å²) in [6.45, 7) is 5.97. The molecule has 0 radical (unpaired) electrons. The summed E-state index contributed by atoms with van der Waals surface area (Å²) in [5.41, 5.74) is 0.276. The molecule has 0 spiro atoms. The Hall–Kier alpha value is -1.94. The Morgan fingerprint density at radius 2 is 1.88 bits per heavy atom. The van der Waals surface area contributed by atoms with Crippen molar-refractivity contribution in [3.63, 3.8) is 0 Å². The quantitative estimate of drug-likeness (QED) is 0.802. The molecule has 24 heavy (non-hydrogen) atoms. The summed E-state index contributed by atoms with van der Waals surface area (Å²) in [5.74, 6) is -0.0500. The first-order chi connectivity index (χ1) is 11.4. The number of amides is 1. The number of benzene rings is 1. The van der Waals surface area contributed by atoms with E-state index in [1.165, 1.54) is 0 Å². The molecule has 1 heterocycles. The van der Waals surface area contributed by atoms with Crippen LogP contribution in [0.15, 0.2) is 42.5 Å². The third-order valence-corrected chi connectivity index (χ3v) is 5.88. The van der Waals surface area contributed by atoms with Gasteiger partial charge in [-0.05, 0) is 38.8 Å². The first-order valence-corrected chi connectivity index (χ1v) is 8.69. The van der Waals surface area contributed by atoms with Crippen LogP contribution in [0.5, 0.6) is 0 Å². The Kier molecular flexibility index (Phi) is 3.43. The zero-order chi connectivity index (χ0) is 17.1. The molecule has 126 valence electrons. The Labute approximate surface area is 142 Å². The molecule has 0 aromatic heterocycles. The van der Waals surface area contributed by atoms with Crippen LogP contribution in [0.2, 0.25) is 0 Å². The van der Waals surface area contributed by atoms with Crippen LogP contribution in [0.1, 0.15) is 27.2 Å². The second kappa shape index (κ2) is 5.28. The van der Waals surface area contributed by atoms with E-state index in [9.17, 15) is 9.59 Å². The summed E-state index contributed by atoms with van der Waals surface area (Å²) in [6, 6.07) is 9.67. The molecule has 5 rings (SSSR count). The van der Waals surface area contributed by atoms with E-state index in [0.717, 1.165) is 5.69 Å². The van der Waals surface area contributed by atoms with Gasteiger partial charge < -0.3 is 4.74 Å². The van der Waals surface area contributed by atoms with E-state index in [4.69, 9.17) is 4.74 Å². The van der Waals surface area contributed by atoms with E-state index in [1.54, 1.807) is 4.90 Å². The van der Waals surface area contributed by atoms with Crippen LogP contribution >= 0.6 is 0 Å². The summed E-state index contributed by atoms with van der Waals surface area (Å²) >= 11 is 0. The Morgan fingerprint density at radius 1 is 1.17 bits per heavy atom. The van der Waals surface area contributed by atoms with Gasteiger partial charge in [-0.1, -0.05) is 30.4 Å². The van der Waals surface area contributed by atoms with Crippen LogP contribution in [0.25, 0.3) is 0 Å². The minimum absolute atomic E-state index is 0.0177. The monoisotopic (exact) mass is 325 g/mol. The molecule has 4 heteroatoms. The number of Topliss-reactive ketones (excluding diaryl/α,β-unsaturated/α-hetero) is 1. The molecule has 4 aliphatic rings. The number of para-hydroxylation sites is 1. The van der Waals surface area contributed by atoms with Crippen LogP contribution in [-0.2, 0) is 14.3 Å². The van der Waals surface area contributed by atoms with Gasteiger partial charge in [-0.25, -0.2) is 0 Å². The van der Waals surface area contributed by atoms with Crippen molar-refractivity contribution in [3.8, 4) is 0 Å². The van der Waals surface area contributed by atoms with Gasteiger partial charge in [0.25, 0.3) is 0 Å². The number of allylic oxidation sites excluding steroid dienone is 2. The van der Waals surface area contributed by atoms with E-state index in [0.29, 0.717) is 6.42 Å². The van der Waals surface area contributed by atoms with Gasteiger partial charge in [0.2, 0.25) is 5.91 Å². The Bertz CT molecular complexity index is 711. The second-order valence-electron chi connectivity index (χ2n) is 7.58. The lowest BCUT2D eigenvalue weighted by atomic mass is 9.54. The number of ketones is 1. The van der Waals surface area contributed by atoms with Gasteiger partial charge in [-0.3, -0.25) is 14.5 Å². The minimum atomic E-state index is -0.567. The fraction of sp³-hybridized carbons (Fsp3) is 0.500. The summed E-state index contributed by atoms with van der Waals surface area (Å²) in [5, 5.41) is 0. The molecule has 2 fully saturated rings. The number of carbonyl (C=O) groups is 2. The number of hydrogen-bond acceptors (Lipinski definition) is 3. The highest BCUT2D eigenvalue weighted by Crippen LogP contribution is 2.59. The van der Waals surface area contributed by atoms with Crippen molar-refractivity contribution >= 4 is 17.4 Å². The highest BCUT2D eigenvalue weighted by Gasteiger charge is 2.67. The maximum atomic E-state index is 13.5. The van der Waals surface area contributed by atoms with E-state index in [1.807, 2.05) is 57.2 Å². The molecule has 1 aliphatic heterocycles. The van der Waals surface area contributed by atoms with E-state index < -0.39 is 11.6 Å². The lowest BCUT2D eigenvalue weighted by molar-refractivity contribution is -0.143. The van der Waals surface area contributed by atoms with E-state index in [2.05, 4.69) is 6.08 Å². The number of ether oxygens (including phenoxy) is 1. The van der Waals surface area contributed by atoms with Crippen molar-refractivity contribution in [2.24, 2.45) is 23.2 Å². The minimum Gasteiger partial charge on any atom is -0.355 e. The maximum absolute atomic E-state index is 13.5. The lowest BCUT2D eigenvalue weighted by Gasteiger charge is -2.47. The predicted octanol–water partition coefficient (Wildman–Crippen LogP) is 3.18. The SMILES string of the molecule is CC(C)O[C@@H]1[C@H]2[C@@H]3C=C[C@@H](CC3=O)[C@@]2(C)C(=O)N1c1ccccc1. The van der Waals surface area contributed by atoms with Crippen LogP contribution in [0.4, 0.5) is 5.69 Å². The van der Waals surface area contributed by atoms with Gasteiger partial charge in [0, 0.05) is 23.9 Å². The largest absolute Gasteiger partial charge is 0.355 e. The van der Waals surface area contributed by atoms with Gasteiger partial charge in [-0.15, -0.1) is 0 Å². The van der Waals surface area contributed by atoms with Crippen LogP contribution in [-0.4, -0.2) is 24.0 Å². The summed E-state index contributed by atoms with van der Waals surface area (Å²) in [4.78, 5) is 27.7. The van der Waals surface area contributed by atoms with Gasteiger partial charge in [0.1, 0.15) is 12.0 Å². The van der Waals surface area contributed by atoms with E-state index in [-0.39, 0.29) is 35.5 Å². The number of rotatable bonds is 3.